The second kappa shape index (κ2) is 11.0. The molecule has 0 aliphatic carbocycles. The highest BCUT2D eigenvalue weighted by molar-refractivity contribution is 5.79. The molecule has 0 atom stereocenters. The van der Waals surface area contributed by atoms with Crippen LogP contribution in [-0.2, 0) is 35.5 Å². The lowest BCUT2D eigenvalue weighted by Crippen LogP contribution is -2.39. The highest BCUT2D eigenvalue weighted by Gasteiger charge is 2.31. The number of carbonyl (C=O) groups excluding carboxylic acids is 1. The molecule has 0 bridgehead atoms. The van der Waals surface area contributed by atoms with Crippen LogP contribution in [0.4, 0.5) is 0 Å². The van der Waals surface area contributed by atoms with Gasteiger partial charge in [-0.1, -0.05) is 26.0 Å². The van der Waals surface area contributed by atoms with E-state index in [1.165, 1.54) is 0 Å². The van der Waals surface area contributed by atoms with Crippen LogP contribution in [0.3, 0.4) is 0 Å². The first-order valence-corrected chi connectivity index (χ1v) is 10.9. The lowest BCUT2D eigenvalue weighted by atomic mass is 10.1. The fourth-order valence-electron chi connectivity index (χ4n) is 3.33. The Bertz CT molecular complexity index is 883. The number of aryl methyl sites for hydroxylation is 3. The van der Waals surface area contributed by atoms with Crippen molar-refractivity contribution >= 4 is 5.97 Å². The van der Waals surface area contributed by atoms with Gasteiger partial charge in [-0.05, 0) is 64.2 Å². The summed E-state index contributed by atoms with van der Waals surface area (Å²) in [5.74, 6) is 1.11. The first-order chi connectivity index (χ1) is 14.3. The summed E-state index contributed by atoms with van der Waals surface area (Å²) in [6.07, 6.45) is 4.23. The van der Waals surface area contributed by atoms with Gasteiger partial charge in [-0.15, -0.1) is 0 Å². The van der Waals surface area contributed by atoms with Crippen molar-refractivity contribution in [1.29, 1.82) is 0 Å². The Kier molecular flexibility index (Phi) is 8.69. The molecule has 0 radical (unpaired) electrons. The van der Waals surface area contributed by atoms with Crippen LogP contribution in [0, 0.1) is 0 Å². The third kappa shape index (κ3) is 6.21. The molecule has 0 amide bonds. The summed E-state index contributed by atoms with van der Waals surface area (Å²) in [5.41, 5.74) is 0.0616. The van der Waals surface area contributed by atoms with E-state index in [9.17, 15) is 9.59 Å². The number of carbonyl (C=O) groups is 1. The van der Waals surface area contributed by atoms with Gasteiger partial charge in [-0.25, -0.2) is 14.3 Å². The number of rotatable bonds is 12. The fraction of sp³-hybridized carbons (Fsp3) is 0.609. The number of aromatic nitrogens is 3. The molecular formula is C23H35N3O4. The van der Waals surface area contributed by atoms with Crippen LogP contribution >= 0.6 is 0 Å². The van der Waals surface area contributed by atoms with Gasteiger partial charge >= 0.3 is 11.7 Å². The summed E-state index contributed by atoms with van der Waals surface area (Å²) in [5, 5.41) is 4.54. The molecule has 30 heavy (non-hydrogen) atoms. The van der Waals surface area contributed by atoms with Crippen LogP contribution in [0.5, 0.6) is 5.75 Å². The third-order valence-corrected chi connectivity index (χ3v) is 4.79. The minimum Gasteiger partial charge on any atom is -0.476 e. The minimum atomic E-state index is -1.04. The molecule has 166 valence electrons. The monoisotopic (exact) mass is 417 g/mol. The molecule has 0 spiro atoms. The molecule has 2 aromatic rings. The van der Waals surface area contributed by atoms with E-state index in [1.807, 2.05) is 31.2 Å². The molecule has 0 N–H and O–H groups in total. The predicted octanol–water partition coefficient (Wildman–Crippen LogP) is 3.76. The van der Waals surface area contributed by atoms with Crippen molar-refractivity contribution in [1.82, 2.24) is 14.3 Å². The van der Waals surface area contributed by atoms with Gasteiger partial charge in [-0.3, -0.25) is 4.57 Å². The van der Waals surface area contributed by atoms with Crippen LogP contribution in [0.25, 0.3) is 0 Å². The Labute approximate surface area is 179 Å². The zero-order valence-electron chi connectivity index (χ0n) is 18.9. The molecule has 0 saturated heterocycles. The van der Waals surface area contributed by atoms with E-state index in [4.69, 9.17) is 9.47 Å². The van der Waals surface area contributed by atoms with E-state index in [2.05, 4.69) is 12.0 Å². The zero-order valence-corrected chi connectivity index (χ0v) is 18.9. The normalized spacial score (nSPS) is 11.5. The van der Waals surface area contributed by atoms with E-state index in [1.54, 1.807) is 30.0 Å². The first-order valence-electron chi connectivity index (χ1n) is 10.9. The SMILES string of the molecule is CCCn1nc(CCCc2cccc(OC(C)(C)C(=O)OCC)c2)n(CCC)c1=O. The van der Waals surface area contributed by atoms with Crippen molar-refractivity contribution in [3.8, 4) is 5.75 Å². The van der Waals surface area contributed by atoms with E-state index in [0.29, 0.717) is 25.4 Å². The van der Waals surface area contributed by atoms with Gasteiger partial charge in [0.1, 0.15) is 11.6 Å². The predicted molar refractivity (Wildman–Crippen MR) is 117 cm³/mol. The Balaban J connectivity index is 2.02. The van der Waals surface area contributed by atoms with Crippen molar-refractivity contribution in [3.63, 3.8) is 0 Å². The minimum absolute atomic E-state index is 0.00899. The Morgan fingerprint density at radius 3 is 2.50 bits per heavy atom. The molecule has 0 aliphatic rings. The van der Waals surface area contributed by atoms with Gasteiger partial charge in [0.25, 0.3) is 0 Å². The third-order valence-electron chi connectivity index (χ3n) is 4.79. The lowest BCUT2D eigenvalue weighted by Gasteiger charge is -2.24. The Hall–Kier alpha value is -2.57. The smallest absolute Gasteiger partial charge is 0.349 e. The molecule has 0 fully saturated rings. The van der Waals surface area contributed by atoms with Gasteiger partial charge in [0.15, 0.2) is 5.60 Å². The van der Waals surface area contributed by atoms with E-state index in [-0.39, 0.29) is 11.7 Å². The second-order valence-corrected chi connectivity index (χ2v) is 7.91. The molecule has 7 nitrogen and oxygen atoms in total. The van der Waals surface area contributed by atoms with Gasteiger partial charge in [0.05, 0.1) is 6.61 Å². The second-order valence-electron chi connectivity index (χ2n) is 7.91. The average Bonchev–Trinajstić information content (AvgIpc) is 2.98. The van der Waals surface area contributed by atoms with Crippen LogP contribution in [-0.4, -0.2) is 32.5 Å². The molecule has 0 saturated carbocycles. The highest BCUT2D eigenvalue weighted by atomic mass is 16.6. The van der Waals surface area contributed by atoms with Crippen LogP contribution < -0.4 is 10.4 Å². The number of ether oxygens (including phenoxy) is 2. The van der Waals surface area contributed by atoms with Crippen molar-refractivity contribution in [2.24, 2.45) is 0 Å². The lowest BCUT2D eigenvalue weighted by molar-refractivity contribution is -0.158. The van der Waals surface area contributed by atoms with E-state index < -0.39 is 5.60 Å². The number of hydrogen-bond donors (Lipinski definition) is 0. The number of esters is 1. The molecule has 7 heteroatoms. The van der Waals surface area contributed by atoms with Crippen LogP contribution in [0.2, 0.25) is 0 Å². The zero-order chi connectivity index (χ0) is 22.1. The summed E-state index contributed by atoms with van der Waals surface area (Å²) in [4.78, 5) is 24.6. The molecule has 0 aliphatic heterocycles. The highest BCUT2D eigenvalue weighted by Crippen LogP contribution is 2.22. The quantitative estimate of drug-likeness (QED) is 0.492. The summed E-state index contributed by atoms with van der Waals surface area (Å²) in [7, 11) is 0. The number of nitrogens with zero attached hydrogens (tertiary/aromatic N) is 3. The summed E-state index contributed by atoms with van der Waals surface area (Å²) in [6.45, 7) is 11.0. The largest absolute Gasteiger partial charge is 0.476 e. The van der Waals surface area contributed by atoms with Crippen molar-refractivity contribution in [2.75, 3.05) is 6.61 Å². The van der Waals surface area contributed by atoms with Gasteiger partial charge in [-0.2, -0.15) is 5.10 Å². The van der Waals surface area contributed by atoms with Crippen molar-refractivity contribution in [3.05, 3.63) is 46.1 Å². The topological polar surface area (TPSA) is 75.4 Å². The maximum absolute atomic E-state index is 12.5. The Morgan fingerprint density at radius 2 is 1.83 bits per heavy atom. The molecular weight excluding hydrogens is 382 g/mol. The summed E-state index contributed by atoms with van der Waals surface area (Å²) >= 11 is 0. The molecule has 1 aromatic carbocycles. The Morgan fingerprint density at radius 1 is 1.10 bits per heavy atom. The van der Waals surface area contributed by atoms with Gasteiger partial charge < -0.3 is 9.47 Å². The fourth-order valence-corrected chi connectivity index (χ4v) is 3.33. The molecule has 0 unspecified atom stereocenters. The van der Waals surface area contributed by atoms with E-state index >= 15 is 0 Å². The van der Waals surface area contributed by atoms with Gasteiger partial charge in [0, 0.05) is 19.5 Å². The molecule has 1 heterocycles. The van der Waals surface area contributed by atoms with Crippen LogP contribution in [0.15, 0.2) is 29.1 Å². The summed E-state index contributed by atoms with van der Waals surface area (Å²) < 4.78 is 14.3. The maximum Gasteiger partial charge on any atom is 0.349 e. The van der Waals surface area contributed by atoms with Crippen molar-refractivity contribution in [2.45, 2.75) is 85.4 Å². The average molecular weight is 418 g/mol. The molecule has 2 rings (SSSR count). The van der Waals surface area contributed by atoms with E-state index in [0.717, 1.165) is 43.5 Å². The molecule has 1 aromatic heterocycles. The maximum atomic E-state index is 12.5. The summed E-state index contributed by atoms with van der Waals surface area (Å²) in [6, 6.07) is 7.76. The number of hydrogen-bond acceptors (Lipinski definition) is 5. The number of benzene rings is 1. The standard InChI is InChI=1S/C23H35N3O4/c1-6-15-25-20(24-26(16-7-2)22(25)28)14-10-12-18-11-9-13-19(17-18)30-23(4,5)21(27)29-8-3/h9,11,13,17H,6-8,10,12,14-16H2,1-5H3. The van der Waals surface area contributed by atoms with Crippen LogP contribution in [0.1, 0.15) is 65.3 Å². The first kappa shape index (κ1) is 23.7. The van der Waals surface area contributed by atoms with Crippen molar-refractivity contribution < 1.29 is 14.3 Å². The van der Waals surface area contributed by atoms with Gasteiger partial charge in [0.2, 0.25) is 0 Å².